The number of nitrogens with one attached hydrogen (secondary N) is 2. The lowest BCUT2D eigenvalue weighted by atomic mass is 10.0. The van der Waals surface area contributed by atoms with Gasteiger partial charge in [0.1, 0.15) is 0 Å². The molecule has 8 nitrogen and oxygen atoms in total. The van der Waals surface area contributed by atoms with Crippen LogP contribution in [0.2, 0.25) is 0 Å². The van der Waals surface area contributed by atoms with Gasteiger partial charge in [0.05, 0.1) is 23.1 Å². The molecule has 2 N–H and O–H groups in total. The molecule has 1 fully saturated rings. The summed E-state index contributed by atoms with van der Waals surface area (Å²) in [4.78, 5) is 23.9. The van der Waals surface area contributed by atoms with Gasteiger partial charge in [-0.25, -0.2) is 4.98 Å². The Labute approximate surface area is 207 Å². The van der Waals surface area contributed by atoms with Crippen molar-refractivity contribution < 1.29 is 0 Å². The molecule has 36 heavy (non-hydrogen) atoms. The van der Waals surface area contributed by atoms with Gasteiger partial charge >= 0.3 is 0 Å². The minimum absolute atomic E-state index is 0.680. The van der Waals surface area contributed by atoms with E-state index in [0.29, 0.717) is 5.65 Å². The summed E-state index contributed by atoms with van der Waals surface area (Å²) in [5, 5.41) is 9.69. The van der Waals surface area contributed by atoms with Crippen LogP contribution >= 0.6 is 0 Å². The number of pyridine rings is 4. The van der Waals surface area contributed by atoms with Crippen molar-refractivity contribution in [3.05, 3.63) is 79.3 Å². The van der Waals surface area contributed by atoms with Crippen molar-refractivity contribution in [1.29, 1.82) is 0 Å². The Morgan fingerprint density at radius 3 is 2.56 bits per heavy atom. The quantitative estimate of drug-likeness (QED) is 0.357. The van der Waals surface area contributed by atoms with Gasteiger partial charge in [-0.2, -0.15) is 5.10 Å². The molecular formula is C28H24N8. The van der Waals surface area contributed by atoms with Crippen molar-refractivity contribution >= 4 is 21.9 Å². The van der Waals surface area contributed by atoms with Gasteiger partial charge in [0, 0.05) is 76.8 Å². The van der Waals surface area contributed by atoms with Gasteiger partial charge in [-0.15, -0.1) is 0 Å². The standard InChI is InChI=1S/C28H24N8/c1-2-7-36(6-1)17-18-8-20(13-30-11-18)21-9-23-27(34-35-28(23)32-14-21)25-10-22-24(15-31-16-26(22)33-25)19-4-3-5-29-12-19/h3-5,8-16,33H,1-2,6-7,17H2,(H,32,34,35). The predicted octanol–water partition coefficient (Wildman–Crippen LogP) is 5.22. The van der Waals surface area contributed by atoms with Crippen LogP contribution in [0.4, 0.5) is 0 Å². The fraction of sp³-hybridized carbons (Fsp3) is 0.179. The molecule has 0 bridgehead atoms. The molecule has 8 heteroatoms. The molecule has 6 aromatic heterocycles. The third kappa shape index (κ3) is 3.72. The first-order valence-electron chi connectivity index (χ1n) is 12.2. The van der Waals surface area contributed by atoms with Gasteiger partial charge in [-0.1, -0.05) is 6.07 Å². The lowest BCUT2D eigenvalue weighted by Gasteiger charge is -2.14. The lowest BCUT2D eigenvalue weighted by Crippen LogP contribution is -2.18. The highest BCUT2D eigenvalue weighted by atomic mass is 15.2. The summed E-state index contributed by atoms with van der Waals surface area (Å²) in [6.07, 6.45) is 15.7. The summed E-state index contributed by atoms with van der Waals surface area (Å²) < 4.78 is 0. The second-order valence-electron chi connectivity index (χ2n) is 9.33. The zero-order chi connectivity index (χ0) is 23.9. The SMILES string of the molecule is c1cncc(-c2cncc3[nH]c(-c4[nH]nc5ncc(-c6cncc(CN7CCCC7)c6)cc45)cc23)c1. The van der Waals surface area contributed by atoms with Crippen molar-refractivity contribution in [1.82, 2.24) is 40.0 Å². The summed E-state index contributed by atoms with van der Waals surface area (Å²) in [5.74, 6) is 0. The Balaban J connectivity index is 1.28. The Morgan fingerprint density at radius 2 is 1.67 bits per heavy atom. The topological polar surface area (TPSA) is 99.3 Å². The highest BCUT2D eigenvalue weighted by Gasteiger charge is 2.16. The Hall–Kier alpha value is -4.43. The number of aromatic nitrogens is 7. The molecule has 0 spiro atoms. The fourth-order valence-corrected chi connectivity index (χ4v) is 5.13. The Bertz CT molecular complexity index is 1680. The minimum atomic E-state index is 0.680. The van der Waals surface area contributed by atoms with E-state index in [1.54, 1.807) is 6.20 Å². The molecule has 0 atom stereocenters. The van der Waals surface area contributed by atoms with Crippen LogP contribution in [-0.4, -0.2) is 53.1 Å². The van der Waals surface area contributed by atoms with Crippen LogP contribution in [0.5, 0.6) is 0 Å². The number of H-pyrrole nitrogens is 2. The Morgan fingerprint density at radius 1 is 0.806 bits per heavy atom. The van der Waals surface area contributed by atoms with E-state index in [-0.39, 0.29) is 0 Å². The maximum atomic E-state index is 4.64. The first-order valence-corrected chi connectivity index (χ1v) is 12.2. The van der Waals surface area contributed by atoms with Crippen LogP contribution in [0.15, 0.2) is 73.7 Å². The number of nitrogens with zero attached hydrogens (tertiary/aromatic N) is 6. The highest BCUT2D eigenvalue weighted by Crippen LogP contribution is 2.34. The molecule has 0 aromatic carbocycles. The molecule has 7 rings (SSSR count). The fourth-order valence-electron chi connectivity index (χ4n) is 5.13. The van der Waals surface area contributed by atoms with Crippen molar-refractivity contribution in [2.45, 2.75) is 19.4 Å². The zero-order valence-corrected chi connectivity index (χ0v) is 19.6. The molecule has 6 aromatic rings. The molecule has 176 valence electrons. The number of likely N-dealkylation sites (tertiary alicyclic amines) is 1. The molecule has 1 saturated heterocycles. The van der Waals surface area contributed by atoms with Crippen LogP contribution < -0.4 is 0 Å². The molecule has 0 radical (unpaired) electrons. The van der Waals surface area contributed by atoms with Crippen molar-refractivity contribution in [2.24, 2.45) is 0 Å². The number of aromatic amines is 2. The maximum absolute atomic E-state index is 4.64. The average molecular weight is 473 g/mol. The van der Waals surface area contributed by atoms with Crippen molar-refractivity contribution in [2.75, 3.05) is 13.1 Å². The molecule has 0 saturated carbocycles. The van der Waals surface area contributed by atoms with Crippen LogP contribution in [0.25, 0.3) is 55.6 Å². The van der Waals surface area contributed by atoms with Crippen LogP contribution in [0, 0.1) is 0 Å². The van der Waals surface area contributed by atoms with E-state index in [0.717, 1.165) is 56.5 Å². The minimum Gasteiger partial charge on any atom is -0.352 e. The molecule has 0 aliphatic carbocycles. The zero-order valence-electron chi connectivity index (χ0n) is 19.6. The molecular weight excluding hydrogens is 448 g/mol. The third-order valence-corrected chi connectivity index (χ3v) is 6.93. The van der Waals surface area contributed by atoms with E-state index >= 15 is 0 Å². The molecule has 0 amide bonds. The van der Waals surface area contributed by atoms with E-state index in [4.69, 9.17) is 0 Å². The monoisotopic (exact) mass is 472 g/mol. The first kappa shape index (κ1) is 20.9. The normalized spacial score (nSPS) is 14.2. The van der Waals surface area contributed by atoms with E-state index in [2.05, 4.69) is 58.2 Å². The number of hydrogen-bond acceptors (Lipinski definition) is 6. The summed E-state index contributed by atoms with van der Waals surface area (Å²) >= 11 is 0. The van der Waals surface area contributed by atoms with Crippen LogP contribution in [0.3, 0.4) is 0 Å². The summed E-state index contributed by atoms with van der Waals surface area (Å²) in [6.45, 7) is 3.27. The first-order chi connectivity index (χ1) is 17.8. The lowest BCUT2D eigenvalue weighted by molar-refractivity contribution is 0.331. The van der Waals surface area contributed by atoms with Crippen LogP contribution in [-0.2, 0) is 6.54 Å². The highest BCUT2D eigenvalue weighted by molar-refractivity contribution is 6.00. The summed E-state index contributed by atoms with van der Waals surface area (Å²) in [6, 6.07) is 10.5. The van der Waals surface area contributed by atoms with E-state index in [9.17, 15) is 0 Å². The van der Waals surface area contributed by atoms with Gasteiger partial charge in [0.2, 0.25) is 0 Å². The average Bonchev–Trinajstić information content (AvgIpc) is 3.68. The van der Waals surface area contributed by atoms with Gasteiger partial charge in [-0.3, -0.25) is 25.0 Å². The molecule has 7 heterocycles. The van der Waals surface area contributed by atoms with Gasteiger partial charge in [0.25, 0.3) is 0 Å². The van der Waals surface area contributed by atoms with Gasteiger partial charge < -0.3 is 4.98 Å². The van der Waals surface area contributed by atoms with E-state index in [1.165, 1.54) is 31.5 Å². The predicted molar refractivity (Wildman–Crippen MR) is 140 cm³/mol. The number of rotatable bonds is 5. The largest absolute Gasteiger partial charge is 0.352 e. The van der Waals surface area contributed by atoms with Gasteiger partial charge in [-0.05, 0) is 55.8 Å². The van der Waals surface area contributed by atoms with Crippen LogP contribution in [0.1, 0.15) is 18.4 Å². The molecule has 1 aliphatic rings. The smallest absolute Gasteiger partial charge is 0.181 e. The maximum Gasteiger partial charge on any atom is 0.181 e. The summed E-state index contributed by atoms with van der Waals surface area (Å²) in [7, 11) is 0. The summed E-state index contributed by atoms with van der Waals surface area (Å²) in [5.41, 5.74) is 8.85. The molecule has 1 aliphatic heterocycles. The van der Waals surface area contributed by atoms with Crippen molar-refractivity contribution in [3.8, 4) is 33.6 Å². The number of hydrogen-bond donors (Lipinski definition) is 2. The Kier molecular flexibility index (Phi) is 5.03. The second-order valence-corrected chi connectivity index (χ2v) is 9.33. The van der Waals surface area contributed by atoms with Crippen molar-refractivity contribution in [3.63, 3.8) is 0 Å². The number of fused-ring (bicyclic) bond motifs is 2. The molecule has 0 unspecified atom stereocenters. The third-order valence-electron chi connectivity index (χ3n) is 6.93. The van der Waals surface area contributed by atoms with E-state index in [1.807, 2.05) is 49.3 Å². The van der Waals surface area contributed by atoms with E-state index < -0.39 is 0 Å². The second kappa shape index (κ2) is 8.66. The van der Waals surface area contributed by atoms with Gasteiger partial charge in [0.15, 0.2) is 5.65 Å².